The van der Waals surface area contributed by atoms with Gasteiger partial charge in [-0.05, 0) is 26.8 Å². The van der Waals surface area contributed by atoms with Crippen LogP contribution in [0.15, 0.2) is 12.7 Å². The minimum Gasteiger partial charge on any atom is -0.374 e. The summed E-state index contributed by atoms with van der Waals surface area (Å²) in [7, 11) is 1.73. The second-order valence-electron chi connectivity index (χ2n) is 3.92. The molecule has 3 nitrogen and oxygen atoms in total. The van der Waals surface area contributed by atoms with Crippen molar-refractivity contribution in [3.8, 4) is 0 Å². The summed E-state index contributed by atoms with van der Waals surface area (Å²) in [6.07, 6.45) is 1.30. The van der Waals surface area contributed by atoms with Crippen LogP contribution in [0.2, 0.25) is 0 Å². The molecule has 1 amide bonds. The monoisotopic (exact) mass is 185 g/mol. The number of rotatable bonds is 4. The predicted molar refractivity (Wildman–Crippen MR) is 53.5 cm³/mol. The first-order valence-corrected chi connectivity index (χ1v) is 4.38. The molecule has 0 aliphatic rings. The molecule has 0 bridgehead atoms. The lowest BCUT2D eigenvalue weighted by molar-refractivity contribution is -0.126. The Morgan fingerprint density at radius 2 is 2.08 bits per heavy atom. The number of likely N-dealkylation sites (N-methyl/N-ethyl adjacent to an activating group) is 1. The first kappa shape index (κ1) is 12.2. The van der Waals surface area contributed by atoms with Gasteiger partial charge in [-0.25, -0.2) is 0 Å². The fraction of sp³-hybridized carbons (Fsp3) is 0.700. The molecule has 0 rings (SSSR count). The molecule has 3 heteroatoms. The summed E-state index contributed by atoms with van der Waals surface area (Å²) in [5, 5.41) is 0. The van der Waals surface area contributed by atoms with E-state index in [0.29, 0.717) is 13.2 Å². The molecule has 0 aliphatic heterocycles. The van der Waals surface area contributed by atoms with E-state index in [9.17, 15) is 4.79 Å². The zero-order valence-electron chi connectivity index (χ0n) is 8.96. The Bertz CT molecular complexity index is 182. The van der Waals surface area contributed by atoms with Crippen molar-refractivity contribution in [1.82, 2.24) is 4.90 Å². The molecule has 0 unspecified atom stereocenters. The Morgan fingerprint density at radius 1 is 1.54 bits per heavy atom. The van der Waals surface area contributed by atoms with Gasteiger partial charge in [0.1, 0.15) is 0 Å². The fourth-order valence-electron chi connectivity index (χ4n) is 0.755. The molecule has 0 heterocycles. The maximum absolute atomic E-state index is 11.0. The van der Waals surface area contributed by atoms with Crippen LogP contribution in [0.25, 0.3) is 0 Å². The molecular weight excluding hydrogens is 166 g/mol. The minimum absolute atomic E-state index is 0.0718. The van der Waals surface area contributed by atoms with E-state index in [0.717, 1.165) is 0 Å². The lowest BCUT2D eigenvalue weighted by Gasteiger charge is -2.22. The number of hydrogen-bond donors (Lipinski definition) is 0. The SMILES string of the molecule is C=CC(=O)N(C)CCOC(C)(C)C. The zero-order valence-corrected chi connectivity index (χ0v) is 8.96. The van der Waals surface area contributed by atoms with E-state index in [-0.39, 0.29) is 11.5 Å². The lowest BCUT2D eigenvalue weighted by atomic mass is 10.2. The van der Waals surface area contributed by atoms with Gasteiger partial charge in [0.15, 0.2) is 0 Å². The van der Waals surface area contributed by atoms with Crippen LogP contribution in [0.5, 0.6) is 0 Å². The van der Waals surface area contributed by atoms with Crippen LogP contribution in [0.1, 0.15) is 20.8 Å². The van der Waals surface area contributed by atoms with Crippen molar-refractivity contribution in [3.05, 3.63) is 12.7 Å². The molecular formula is C10H19NO2. The van der Waals surface area contributed by atoms with E-state index in [4.69, 9.17) is 4.74 Å². The summed E-state index contributed by atoms with van der Waals surface area (Å²) in [4.78, 5) is 12.6. The maximum atomic E-state index is 11.0. The fourth-order valence-corrected chi connectivity index (χ4v) is 0.755. The highest BCUT2D eigenvalue weighted by molar-refractivity contribution is 5.86. The minimum atomic E-state index is -0.141. The molecule has 76 valence electrons. The normalized spacial score (nSPS) is 11.1. The summed E-state index contributed by atoms with van der Waals surface area (Å²) in [6, 6.07) is 0. The summed E-state index contributed by atoms with van der Waals surface area (Å²) in [5.74, 6) is -0.0718. The number of nitrogens with zero attached hydrogens (tertiary/aromatic N) is 1. The molecule has 0 fully saturated rings. The largest absolute Gasteiger partial charge is 0.374 e. The van der Waals surface area contributed by atoms with Gasteiger partial charge in [0.25, 0.3) is 0 Å². The van der Waals surface area contributed by atoms with Gasteiger partial charge in [0.2, 0.25) is 5.91 Å². The van der Waals surface area contributed by atoms with Gasteiger partial charge in [0, 0.05) is 13.6 Å². The number of carbonyl (C=O) groups is 1. The zero-order chi connectivity index (χ0) is 10.5. The molecule has 0 N–H and O–H groups in total. The van der Waals surface area contributed by atoms with Crippen LogP contribution in [0, 0.1) is 0 Å². The third-order valence-corrected chi connectivity index (χ3v) is 1.51. The second kappa shape index (κ2) is 5.02. The summed E-state index contributed by atoms with van der Waals surface area (Å²) in [6.45, 7) is 10.5. The Hall–Kier alpha value is -0.830. The number of hydrogen-bond acceptors (Lipinski definition) is 2. The molecule has 13 heavy (non-hydrogen) atoms. The van der Waals surface area contributed by atoms with Gasteiger partial charge in [-0.15, -0.1) is 0 Å². The topological polar surface area (TPSA) is 29.5 Å². The van der Waals surface area contributed by atoms with Crippen LogP contribution in [0.3, 0.4) is 0 Å². The van der Waals surface area contributed by atoms with Crippen LogP contribution in [0.4, 0.5) is 0 Å². The Kier molecular flexibility index (Phi) is 4.70. The third kappa shape index (κ3) is 6.34. The second-order valence-corrected chi connectivity index (χ2v) is 3.92. The standard InChI is InChI=1S/C10H19NO2/c1-6-9(12)11(5)7-8-13-10(2,3)4/h6H,1,7-8H2,2-5H3. The van der Waals surface area contributed by atoms with Crippen LogP contribution in [-0.2, 0) is 9.53 Å². The van der Waals surface area contributed by atoms with E-state index >= 15 is 0 Å². The summed E-state index contributed by atoms with van der Waals surface area (Å²) < 4.78 is 5.47. The van der Waals surface area contributed by atoms with Gasteiger partial charge in [-0.2, -0.15) is 0 Å². The van der Waals surface area contributed by atoms with Crippen molar-refractivity contribution in [2.45, 2.75) is 26.4 Å². The van der Waals surface area contributed by atoms with E-state index in [1.807, 2.05) is 20.8 Å². The van der Waals surface area contributed by atoms with Crippen LogP contribution >= 0.6 is 0 Å². The van der Waals surface area contributed by atoms with Crippen molar-refractivity contribution >= 4 is 5.91 Å². The van der Waals surface area contributed by atoms with Gasteiger partial charge in [0.05, 0.1) is 12.2 Å². The van der Waals surface area contributed by atoms with Crippen molar-refractivity contribution in [2.24, 2.45) is 0 Å². The Labute approximate surface area is 80.4 Å². The van der Waals surface area contributed by atoms with Gasteiger partial charge < -0.3 is 9.64 Å². The predicted octanol–water partition coefficient (Wildman–Crippen LogP) is 1.45. The molecule has 0 atom stereocenters. The summed E-state index contributed by atoms with van der Waals surface area (Å²) >= 11 is 0. The number of ether oxygens (including phenoxy) is 1. The van der Waals surface area contributed by atoms with Gasteiger partial charge >= 0.3 is 0 Å². The van der Waals surface area contributed by atoms with Gasteiger partial charge in [-0.3, -0.25) is 4.79 Å². The highest BCUT2D eigenvalue weighted by Crippen LogP contribution is 2.05. The Morgan fingerprint density at radius 3 is 2.46 bits per heavy atom. The third-order valence-electron chi connectivity index (χ3n) is 1.51. The molecule has 0 spiro atoms. The summed E-state index contributed by atoms with van der Waals surface area (Å²) in [5.41, 5.74) is -0.141. The lowest BCUT2D eigenvalue weighted by Crippen LogP contribution is -2.31. The van der Waals surface area contributed by atoms with E-state index in [2.05, 4.69) is 6.58 Å². The molecule has 0 aromatic rings. The first-order valence-electron chi connectivity index (χ1n) is 4.38. The van der Waals surface area contributed by atoms with Crippen molar-refractivity contribution in [3.63, 3.8) is 0 Å². The number of amides is 1. The molecule has 0 saturated carbocycles. The van der Waals surface area contributed by atoms with Crippen molar-refractivity contribution < 1.29 is 9.53 Å². The first-order chi connectivity index (χ1) is 5.87. The average molecular weight is 185 g/mol. The maximum Gasteiger partial charge on any atom is 0.245 e. The van der Waals surface area contributed by atoms with Crippen molar-refractivity contribution in [1.29, 1.82) is 0 Å². The number of carbonyl (C=O) groups excluding carboxylic acids is 1. The quantitative estimate of drug-likeness (QED) is 0.620. The molecule has 0 aromatic heterocycles. The molecule has 0 aliphatic carbocycles. The Balaban J connectivity index is 3.65. The van der Waals surface area contributed by atoms with E-state index < -0.39 is 0 Å². The highest BCUT2D eigenvalue weighted by Gasteiger charge is 2.10. The van der Waals surface area contributed by atoms with Crippen LogP contribution < -0.4 is 0 Å². The smallest absolute Gasteiger partial charge is 0.245 e. The van der Waals surface area contributed by atoms with E-state index in [1.54, 1.807) is 11.9 Å². The average Bonchev–Trinajstić information content (AvgIpc) is 2.00. The molecule has 0 radical (unpaired) electrons. The molecule has 0 aromatic carbocycles. The van der Waals surface area contributed by atoms with Gasteiger partial charge in [-0.1, -0.05) is 6.58 Å². The van der Waals surface area contributed by atoms with E-state index in [1.165, 1.54) is 6.08 Å². The molecule has 0 saturated heterocycles. The van der Waals surface area contributed by atoms with Crippen LogP contribution in [-0.4, -0.2) is 36.6 Å². The highest BCUT2D eigenvalue weighted by atomic mass is 16.5. The van der Waals surface area contributed by atoms with Crippen molar-refractivity contribution in [2.75, 3.05) is 20.2 Å².